The Labute approximate surface area is 125 Å². The van der Waals surface area contributed by atoms with Gasteiger partial charge in [0.1, 0.15) is 5.82 Å². The Kier molecular flexibility index (Phi) is 5.28. The van der Waals surface area contributed by atoms with Gasteiger partial charge in [0.15, 0.2) is 0 Å². The standard InChI is InChI=1S/C17H22FN3/c1-13(19-2)15-8-6-9-16(18)17(15)21(3)12-10-14-7-4-5-11-20-14/h4-9,11,13,19H,10,12H2,1-3H3. The molecule has 0 saturated carbocycles. The number of hydrogen-bond acceptors (Lipinski definition) is 3. The largest absolute Gasteiger partial charge is 0.372 e. The third-order valence-corrected chi connectivity index (χ3v) is 3.73. The van der Waals surface area contributed by atoms with Crippen LogP contribution in [0.2, 0.25) is 0 Å². The maximum absolute atomic E-state index is 14.2. The summed E-state index contributed by atoms with van der Waals surface area (Å²) in [6.07, 6.45) is 2.58. The van der Waals surface area contributed by atoms with Gasteiger partial charge in [0.05, 0.1) is 5.69 Å². The van der Waals surface area contributed by atoms with Crippen LogP contribution in [0.25, 0.3) is 0 Å². The number of likely N-dealkylation sites (N-methyl/N-ethyl adjacent to an activating group) is 1. The average molecular weight is 287 g/mol. The Morgan fingerprint density at radius 2 is 2.05 bits per heavy atom. The first-order valence-corrected chi connectivity index (χ1v) is 7.20. The molecule has 1 aromatic heterocycles. The lowest BCUT2D eigenvalue weighted by Gasteiger charge is -2.25. The maximum Gasteiger partial charge on any atom is 0.146 e. The second kappa shape index (κ2) is 7.18. The lowest BCUT2D eigenvalue weighted by atomic mass is 10.0. The van der Waals surface area contributed by atoms with Crippen molar-refractivity contribution in [1.29, 1.82) is 0 Å². The molecule has 2 aromatic rings. The molecular weight excluding hydrogens is 265 g/mol. The summed E-state index contributed by atoms with van der Waals surface area (Å²) in [7, 11) is 3.81. The molecule has 0 aliphatic rings. The van der Waals surface area contributed by atoms with E-state index in [0.717, 1.165) is 24.2 Å². The number of nitrogens with one attached hydrogen (secondary N) is 1. The zero-order valence-electron chi connectivity index (χ0n) is 12.8. The van der Waals surface area contributed by atoms with Gasteiger partial charge in [-0.3, -0.25) is 4.98 Å². The van der Waals surface area contributed by atoms with E-state index in [1.54, 1.807) is 12.3 Å². The predicted molar refractivity (Wildman–Crippen MR) is 85.1 cm³/mol. The lowest BCUT2D eigenvalue weighted by Crippen LogP contribution is -2.25. The molecule has 2 rings (SSSR count). The van der Waals surface area contributed by atoms with E-state index in [-0.39, 0.29) is 11.9 Å². The van der Waals surface area contributed by atoms with Crippen molar-refractivity contribution in [2.45, 2.75) is 19.4 Å². The van der Waals surface area contributed by atoms with Gasteiger partial charge in [0.2, 0.25) is 0 Å². The molecule has 1 heterocycles. The summed E-state index contributed by atoms with van der Waals surface area (Å²) in [6, 6.07) is 11.2. The van der Waals surface area contributed by atoms with E-state index >= 15 is 0 Å². The number of halogens is 1. The molecule has 0 aliphatic heterocycles. The second-order valence-electron chi connectivity index (χ2n) is 5.18. The van der Waals surface area contributed by atoms with Crippen molar-refractivity contribution >= 4 is 5.69 Å². The summed E-state index contributed by atoms with van der Waals surface area (Å²) in [6.45, 7) is 2.76. The number of aromatic nitrogens is 1. The van der Waals surface area contributed by atoms with E-state index in [4.69, 9.17) is 0 Å². The topological polar surface area (TPSA) is 28.2 Å². The zero-order chi connectivity index (χ0) is 15.2. The fraction of sp³-hybridized carbons (Fsp3) is 0.353. The first-order valence-electron chi connectivity index (χ1n) is 7.20. The SMILES string of the molecule is CNC(C)c1cccc(F)c1N(C)CCc1ccccn1. The quantitative estimate of drug-likeness (QED) is 0.884. The number of pyridine rings is 1. The van der Waals surface area contributed by atoms with Gasteiger partial charge in [-0.25, -0.2) is 4.39 Å². The Bertz CT molecular complexity index is 572. The van der Waals surface area contributed by atoms with Crippen LogP contribution in [0.1, 0.15) is 24.2 Å². The molecule has 0 saturated heterocycles. The van der Waals surface area contributed by atoms with E-state index in [1.165, 1.54) is 6.07 Å². The van der Waals surface area contributed by atoms with Crippen LogP contribution in [-0.2, 0) is 6.42 Å². The van der Waals surface area contributed by atoms with Crippen LogP contribution in [0.4, 0.5) is 10.1 Å². The second-order valence-corrected chi connectivity index (χ2v) is 5.18. The Morgan fingerprint density at radius 3 is 2.71 bits per heavy atom. The lowest BCUT2D eigenvalue weighted by molar-refractivity contribution is 0.602. The number of hydrogen-bond donors (Lipinski definition) is 1. The van der Waals surface area contributed by atoms with Crippen LogP contribution in [0.3, 0.4) is 0 Å². The smallest absolute Gasteiger partial charge is 0.146 e. The van der Waals surface area contributed by atoms with Crippen LogP contribution < -0.4 is 10.2 Å². The predicted octanol–water partition coefficient (Wildman–Crippen LogP) is 3.18. The maximum atomic E-state index is 14.2. The van der Waals surface area contributed by atoms with Crippen molar-refractivity contribution < 1.29 is 4.39 Å². The minimum absolute atomic E-state index is 0.105. The van der Waals surface area contributed by atoms with Crippen molar-refractivity contribution in [3.8, 4) is 0 Å². The van der Waals surface area contributed by atoms with Crippen molar-refractivity contribution in [1.82, 2.24) is 10.3 Å². The monoisotopic (exact) mass is 287 g/mol. The first-order chi connectivity index (χ1) is 10.1. The molecule has 0 spiro atoms. The number of benzene rings is 1. The van der Waals surface area contributed by atoms with Gasteiger partial charge in [-0.15, -0.1) is 0 Å². The highest BCUT2D eigenvalue weighted by Crippen LogP contribution is 2.28. The van der Waals surface area contributed by atoms with Crippen LogP contribution in [0, 0.1) is 5.82 Å². The van der Waals surface area contributed by atoms with Gasteiger partial charge < -0.3 is 10.2 Å². The highest BCUT2D eigenvalue weighted by molar-refractivity contribution is 5.55. The van der Waals surface area contributed by atoms with E-state index in [0.29, 0.717) is 5.69 Å². The molecule has 1 atom stereocenters. The number of para-hydroxylation sites is 1. The normalized spacial score (nSPS) is 12.2. The molecule has 0 aliphatic carbocycles. The van der Waals surface area contributed by atoms with Gasteiger partial charge in [-0.2, -0.15) is 0 Å². The van der Waals surface area contributed by atoms with Gasteiger partial charge in [-0.1, -0.05) is 18.2 Å². The molecule has 4 heteroatoms. The third-order valence-electron chi connectivity index (χ3n) is 3.73. The van der Waals surface area contributed by atoms with Crippen LogP contribution in [-0.4, -0.2) is 25.6 Å². The van der Waals surface area contributed by atoms with Gasteiger partial charge in [0, 0.05) is 37.9 Å². The molecular formula is C17H22FN3. The minimum Gasteiger partial charge on any atom is -0.372 e. The molecule has 0 amide bonds. The van der Waals surface area contributed by atoms with E-state index < -0.39 is 0 Å². The zero-order valence-corrected chi connectivity index (χ0v) is 12.8. The Hall–Kier alpha value is -1.94. The summed E-state index contributed by atoms with van der Waals surface area (Å²) in [5.74, 6) is -0.182. The van der Waals surface area contributed by atoms with Gasteiger partial charge in [-0.05, 0) is 37.7 Å². The molecule has 1 aromatic carbocycles. The van der Waals surface area contributed by atoms with Gasteiger partial charge >= 0.3 is 0 Å². The fourth-order valence-corrected chi connectivity index (χ4v) is 2.38. The van der Waals surface area contributed by atoms with Crippen molar-refractivity contribution in [2.24, 2.45) is 0 Å². The molecule has 112 valence electrons. The van der Waals surface area contributed by atoms with Crippen molar-refractivity contribution in [3.63, 3.8) is 0 Å². The molecule has 1 N–H and O–H groups in total. The van der Waals surface area contributed by atoms with Crippen LogP contribution >= 0.6 is 0 Å². The number of nitrogens with zero attached hydrogens (tertiary/aromatic N) is 2. The van der Waals surface area contributed by atoms with Crippen LogP contribution in [0.5, 0.6) is 0 Å². The fourth-order valence-electron chi connectivity index (χ4n) is 2.38. The van der Waals surface area contributed by atoms with Crippen molar-refractivity contribution in [3.05, 3.63) is 59.7 Å². The van der Waals surface area contributed by atoms with E-state index in [9.17, 15) is 4.39 Å². The van der Waals surface area contributed by atoms with Gasteiger partial charge in [0.25, 0.3) is 0 Å². The number of rotatable bonds is 6. The average Bonchev–Trinajstić information content (AvgIpc) is 2.52. The third kappa shape index (κ3) is 3.79. The molecule has 0 fully saturated rings. The molecule has 0 bridgehead atoms. The summed E-state index contributed by atoms with van der Waals surface area (Å²) in [4.78, 5) is 6.27. The number of anilines is 1. The molecule has 1 unspecified atom stereocenters. The van der Waals surface area contributed by atoms with E-state index in [2.05, 4.69) is 10.3 Å². The summed E-state index contributed by atoms with van der Waals surface area (Å²) in [5.41, 5.74) is 2.65. The summed E-state index contributed by atoms with van der Waals surface area (Å²) < 4.78 is 14.2. The molecule has 21 heavy (non-hydrogen) atoms. The van der Waals surface area contributed by atoms with Crippen LogP contribution in [0.15, 0.2) is 42.6 Å². The minimum atomic E-state index is -0.182. The van der Waals surface area contributed by atoms with E-state index in [1.807, 2.05) is 50.2 Å². The summed E-state index contributed by atoms with van der Waals surface area (Å²) in [5, 5.41) is 3.17. The highest BCUT2D eigenvalue weighted by Gasteiger charge is 2.16. The summed E-state index contributed by atoms with van der Waals surface area (Å²) >= 11 is 0. The Balaban J connectivity index is 2.16. The van der Waals surface area contributed by atoms with Crippen molar-refractivity contribution in [2.75, 3.05) is 25.5 Å². The Morgan fingerprint density at radius 1 is 1.24 bits per heavy atom. The first kappa shape index (κ1) is 15.4. The highest BCUT2D eigenvalue weighted by atomic mass is 19.1. The molecule has 3 nitrogen and oxygen atoms in total. The molecule has 0 radical (unpaired) electrons.